The SMILES string of the molecule is CC1(C)c2ccccc2-c2ccc(N(c3ccc(-c4ccccc4)cc3)c3ccc(-c4ccc5c(-c6ccccc6)cc6ccccc6c5c4)cc3)cc21. The van der Waals surface area contributed by atoms with Crippen LogP contribution < -0.4 is 4.90 Å². The predicted octanol–water partition coefficient (Wildman–Crippen LogP) is 14.8. The van der Waals surface area contributed by atoms with Crippen LogP contribution >= 0.6 is 0 Å². The second-order valence-corrected chi connectivity index (χ2v) is 15.0. The molecule has 9 aromatic carbocycles. The molecular weight excluding hydrogens is 651 g/mol. The molecule has 0 heterocycles. The quantitative estimate of drug-likeness (QED) is 0.157. The van der Waals surface area contributed by atoms with Crippen LogP contribution in [0.15, 0.2) is 200 Å². The summed E-state index contributed by atoms with van der Waals surface area (Å²) >= 11 is 0. The lowest BCUT2D eigenvalue weighted by Gasteiger charge is -2.28. The van der Waals surface area contributed by atoms with Gasteiger partial charge in [-0.05, 0) is 126 Å². The number of hydrogen-bond acceptors (Lipinski definition) is 1. The molecule has 54 heavy (non-hydrogen) atoms. The van der Waals surface area contributed by atoms with Gasteiger partial charge in [0, 0.05) is 22.5 Å². The van der Waals surface area contributed by atoms with E-state index in [0.29, 0.717) is 0 Å². The average molecular weight is 690 g/mol. The Hall–Kier alpha value is -6.70. The van der Waals surface area contributed by atoms with Gasteiger partial charge in [-0.3, -0.25) is 0 Å². The number of nitrogens with zero attached hydrogens (tertiary/aromatic N) is 1. The van der Waals surface area contributed by atoms with Crippen LogP contribution in [-0.2, 0) is 5.41 Å². The van der Waals surface area contributed by atoms with Crippen LogP contribution in [0.2, 0.25) is 0 Å². The Morgan fingerprint density at radius 2 is 0.852 bits per heavy atom. The van der Waals surface area contributed by atoms with Gasteiger partial charge in [0.15, 0.2) is 0 Å². The Bertz CT molecular complexity index is 2810. The van der Waals surface area contributed by atoms with Crippen LogP contribution in [0.5, 0.6) is 0 Å². The molecule has 1 nitrogen and oxygen atoms in total. The summed E-state index contributed by atoms with van der Waals surface area (Å²) in [5.41, 5.74) is 16.1. The number of benzene rings is 9. The number of fused-ring (bicyclic) bond motifs is 6. The summed E-state index contributed by atoms with van der Waals surface area (Å²) in [5, 5.41) is 5.07. The standard InChI is InChI=1S/C53H39N/c1-53(2)51-20-12-11-19-47(51)48-32-30-44(35-52(48)53)54(42-26-21-37(22-27-42)36-13-5-3-6-14-36)43-28-23-38(24-29-43)40-25-31-46-49(39-15-7-4-8-16-39)34-41-17-9-10-18-45(41)50(46)33-40/h3-35H,1-2H3. The van der Waals surface area contributed by atoms with E-state index in [1.807, 2.05) is 0 Å². The molecule has 1 aliphatic carbocycles. The van der Waals surface area contributed by atoms with Crippen molar-refractivity contribution in [3.05, 3.63) is 211 Å². The first-order chi connectivity index (χ1) is 26.5. The molecule has 0 spiro atoms. The van der Waals surface area contributed by atoms with E-state index in [0.717, 1.165) is 17.1 Å². The van der Waals surface area contributed by atoms with Crippen molar-refractivity contribution in [2.24, 2.45) is 0 Å². The Kier molecular flexibility index (Phi) is 7.56. The van der Waals surface area contributed by atoms with Gasteiger partial charge in [0.25, 0.3) is 0 Å². The van der Waals surface area contributed by atoms with Gasteiger partial charge in [0.1, 0.15) is 0 Å². The van der Waals surface area contributed by atoms with Crippen LogP contribution in [0.3, 0.4) is 0 Å². The van der Waals surface area contributed by atoms with Crippen LogP contribution in [0.4, 0.5) is 17.1 Å². The molecule has 0 saturated carbocycles. The summed E-state index contributed by atoms with van der Waals surface area (Å²) in [6.07, 6.45) is 0. The molecule has 0 bridgehead atoms. The second-order valence-electron chi connectivity index (χ2n) is 15.0. The first-order valence-electron chi connectivity index (χ1n) is 18.8. The lowest BCUT2D eigenvalue weighted by atomic mass is 9.82. The molecule has 0 radical (unpaired) electrons. The molecular formula is C53H39N. The molecule has 1 heteroatoms. The van der Waals surface area contributed by atoms with Gasteiger partial charge in [-0.1, -0.05) is 166 Å². The van der Waals surface area contributed by atoms with E-state index >= 15 is 0 Å². The van der Waals surface area contributed by atoms with E-state index in [-0.39, 0.29) is 5.41 Å². The van der Waals surface area contributed by atoms with E-state index in [2.05, 4.69) is 219 Å². The molecule has 0 atom stereocenters. The maximum Gasteiger partial charge on any atom is 0.0465 e. The van der Waals surface area contributed by atoms with Crippen molar-refractivity contribution >= 4 is 38.6 Å². The number of anilines is 3. The highest BCUT2D eigenvalue weighted by Gasteiger charge is 2.35. The van der Waals surface area contributed by atoms with Gasteiger partial charge < -0.3 is 4.90 Å². The van der Waals surface area contributed by atoms with E-state index in [9.17, 15) is 0 Å². The lowest BCUT2D eigenvalue weighted by molar-refractivity contribution is 0.660. The first kappa shape index (κ1) is 32.0. The highest BCUT2D eigenvalue weighted by atomic mass is 15.1. The molecule has 0 N–H and O–H groups in total. The molecule has 0 fully saturated rings. The fourth-order valence-corrected chi connectivity index (χ4v) is 8.65. The van der Waals surface area contributed by atoms with Crippen molar-refractivity contribution in [2.45, 2.75) is 19.3 Å². The first-order valence-corrected chi connectivity index (χ1v) is 18.8. The fourth-order valence-electron chi connectivity index (χ4n) is 8.65. The third-order valence-electron chi connectivity index (χ3n) is 11.5. The molecule has 9 aromatic rings. The molecule has 0 saturated heterocycles. The molecule has 0 unspecified atom stereocenters. The zero-order valence-corrected chi connectivity index (χ0v) is 30.5. The van der Waals surface area contributed by atoms with Crippen molar-refractivity contribution in [1.82, 2.24) is 0 Å². The van der Waals surface area contributed by atoms with Gasteiger partial charge in [0.2, 0.25) is 0 Å². The maximum atomic E-state index is 2.41. The van der Waals surface area contributed by atoms with Gasteiger partial charge in [-0.2, -0.15) is 0 Å². The van der Waals surface area contributed by atoms with E-state index in [4.69, 9.17) is 0 Å². The molecule has 10 rings (SSSR count). The Morgan fingerprint density at radius 1 is 0.315 bits per heavy atom. The fraction of sp³-hybridized carbons (Fsp3) is 0.0566. The third kappa shape index (κ3) is 5.32. The van der Waals surface area contributed by atoms with E-state index in [1.165, 1.54) is 77.2 Å². The molecule has 256 valence electrons. The number of rotatable bonds is 6. The minimum absolute atomic E-state index is 0.0880. The van der Waals surface area contributed by atoms with Crippen molar-refractivity contribution < 1.29 is 0 Å². The zero-order chi connectivity index (χ0) is 36.2. The van der Waals surface area contributed by atoms with Gasteiger partial charge in [-0.25, -0.2) is 0 Å². The normalized spacial score (nSPS) is 12.8. The summed E-state index contributed by atoms with van der Waals surface area (Å²) in [5.74, 6) is 0. The topological polar surface area (TPSA) is 3.24 Å². The second kappa shape index (κ2) is 12.8. The Morgan fingerprint density at radius 3 is 1.57 bits per heavy atom. The van der Waals surface area contributed by atoms with Gasteiger partial charge in [-0.15, -0.1) is 0 Å². The number of hydrogen-bond donors (Lipinski definition) is 0. The maximum absolute atomic E-state index is 2.41. The van der Waals surface area contributed by atoms with E-state index in [1.54, 1.807) is 0 Å². The summed E-state index contributed by atoms with van der Waals surface area (Å²) in [6, 6.07) is 73.3. The Labute approximate surface area is 317 Å². The summed E-state index contributed by atoms with van der Waals surface area (Å²) in [6.45, 7) is 4.70. The minimum Gasteiger partial charge on any atom is -0.310 e. The van der Waals surface area contributed by atoms with Crippen LogP contribution in [-0.4, -0.2) is 0 Å². The van der Waals surface area contributed by atoms with Crippen LogP contribution in [0, 0.1) is 0 Å². The zero-order valence-electron chi connectivity index (χ0n) is 30.5. The van der Waals surface area contributed by atoms with Crippen LogP contribution in [0.25, 0.3) is 66.1 Å². The minimum atomic E-state index is -0.0880. The molecule has 1 aliphatic rings. The van der Waals surface area contributed by atoms with Crippen molar-refractivity contribution in [3.63, 3.8) is 0 Å². The van der Waals surface area contributed by atoms with Crippen molar-refractivity contribution in [2.75, 3.05) is 4.90 Å². The average Bonchev–Trinajstić information content (AvgIpc) is 3.47. The lowest BCUT2D eigenvalue weighted by Crippen LogP contribution is -2.16. The van der Waals surface area contributed by atoms with Crippen molar-refractivity contribution in [1.29, 1.82) is 0 Å². The summed E-state index contributed by atoms with van der Waals surface area (Å²) in [4.78, 5) is 2.40. The molecule has 0 aromatic heterocycles. The molecule has 0 aliphatic heterocycles. The highest BCUT2D eigenvalue weighted by molar-refractivity contribution is 6.14. The van der Waals surface area contributed by atoms with E-state index < -0.39 is 0 Å². The molecule has 0 amide bonds. The predicted molar refractivity (Wildman–Crippen MR) is 230 cm³/mol. The van der Waals surface area contributed by atoms with Gasteiger partial charge in [0.05, 0.1) is 0 Å². The Balaban J connectivity index is 1.08. The smallest absolute Gasteiger partial charge is 0.0465 e. The van der Waals surface area contributed by atoms with Gasteiger partial charge >= 0.3 is 0 Å². The highest BCUT2D eigenvalue weighted by Crippen LogP contribution is 2.50. The van der Waals surface area contributed by atoms with Crippen LogP contribution in [0.1, 0.15) is 25.0 Å². The van der Waals surface area contributed by atoms with Crippen molar-refractivity contribution in [3.8, 4) is 44.5 Å². The largest absolute Gasteiger partial charge is 0.310 e. The third-order valence-corrected chi connectivity index (χ3v) is 11.5. The monoisotopic (exact) mass is 689 g/mol. The summed E-state index contributed by atoms with van der Waals surface area (Å²) in [7, 11) is 0. The summed E-state index contributed by atoms with van der Waals surface area (Å²) < 4.78 is 0.